The highest BCUT2D eigenvalue weighted by Crippen LogP contribution is 2.25. The Balaban J connectivity index is 1.67. The van der Waals surface area contributed by atoms with E-state index in [1.165, 1.54) is 6.42 Å². The number of anilines is 2. The van der Waals surface area contributed by atoms with Gasteiger partial charge in [-0.2, -0.15) is 5.26 Å². The van der Waals surface area contributed by atoms with Crippen molar-refractivity contribution in [3.05, 3.63) is 71.9 Å². The molecule has 150 valence electrons. The van der Waals surface area contributed by atoms with Crippen LogP contribution in [0, 0.1) is 17.2 Å². The summed E-state index contributed by atoms with van der Waals surface area (Å²) in [5.41, 5.74) is 2.35. The number of rotatable bonds is 4. The number of nitriles is 1. The maximum atomic E-state index is 13.0. The second-order valence-electron chi connectivity index (χ2n) is 7.64. The first-order valence-electron chi connectivity index (χ1n) is 10.1. The Bertz CT molecular complexity index is 1070. The van der Waals surface area contributed by atoms with E-state index in [-0.39, 0.29) is 5.91 Å². The molecule has 1 aromatic heterocycles. The Hall–Kier alpha value is -3.72. The monoisotopic (exact) mass is 397 g/mol. The molecule has 1 aliphatic rings. The molecule has 1 N–H and O–H groups in total. The Morgan fingerprint density at radius 1 is 1.13 bits per heavy atom. The van der Waals surface area contributed by atoms with E-state index in [0.29, 0.717) is 28.7 Å². The number of aromatic nitrogens is 2. The molecule has 1 amide bonds. The van der Waals surface area contributed by atoms with E-state index in [0.717, 1.165) is 30.9 Å². The molecule has 1 unspecified atom stereocenters. The molecule has 30 heavy (non-hydrogen) atoms. The highest BCUT2D eigenvalue weighted by Gasteiger charge is 2.21. The predicted octanol–water partition coefficient (Wildman–Crippen LogP) is 4.50. The van der Waals surface area contributed by atoms with E-state index in [1.54, 1.807) is 30.3 Å². The van der Waals surface area contributed by atoms with E-state index in [4.69, 9.17) is 10.2 Å². The van der Waals surface area contributed by atoms with Gasteiger partial charge in [0.2, 0.25) is 0 Å². The van der Waals surface area contributed by atoms with Gasteiger partial charge in [0.15, 0.2) is 5.82 Å². The van der Waals surface area contributed by atoms with Crippen LogP contribution in [0.15, 0.2) is 60.7 Å². The summed E-state index contributed by atoms with van der Waals surface area (Å²) in [6, 6.07) is 20.3. The van der Waals surface area contributed by atoms with Gasteiger partial charge in [0.1, 0.15) is 11.5 Å². The SMILES string of the molecule is CC1CCCN(c2cc(C(=O)Nc3ccc(C#N)cc3)nc(-c3ccccc3)n2)C1. The molecule has 6 nitrogen and oxygen atoms in total. The van der Waals surface area contributed by atoms with Crippen LogP contribution in [0.2, 0.25) is 0 Å². The average molecular weight is 397 g/mol. The number of hydrogen-bond acceptors (Lipinski definition) is 5. The molecule has 4 rings (SSSR count). The number of carbonyl (C=O) groups excluding carboxylic acids is 1. The van der Waals surface area contributed by atoms with Crippen LogP contribution in [0.3, 0.4) is 0 Å². The minimum Gasteiger partial charge on any atom is -0.356 e. The Kier molecular flexibility index (Phi) is 5.71. The zero-order valence-corrected chi connectivity index (χ0v) is 16.9. The Morgan fingerprint density at radius 3 is 2.60 bits per heavy atom. The number of amides is 1. The molecule has 0 aliphatic carbocycles. The lowest BCUT2D eigenvalue weighted by Crippen LogP contribution is -2.35. The summed E-state index contributed by atoms with van der Waals surface area (Å²) in [5, 5.41) is 11.8. The van der Waals surface area contributed by atoms with Crippen molar-refractivity contribution >= 4 is 17.4 Å². The second-order valence-corrected chi connectivity index (χ2v) is 7.64. The lowest BCUT2D eigenvalue weighted by molar-refractivity contribution is 0.102. The van der Waals surface area contributed by atoms with Gasteiger partial charge >= 0.3 is 0 Å². The molecule has 0 spiro atoms. The summed E-state index contributed by atoms with van der Waals surface area (Å²) in [7, 11) is 0. The maximum absolute atomic E-state index is 13.0. The smallest absolute Gasteiger partial charge is 0.274 e. The van der Waals surface area contributed by atoms with E-state index in [2.05, 4.69) is 28.2 Å². The summed E-state index contributed by atoms with van der Waals surface area (Å²) in [5.74, 6) is 1.60. The normalized spacial score (nSPS) is 16.0. The van der Waals surface area contributed by atoms with Crippen LogP contribution >= 0.6 is 0 Å². The van der Waals surface area contributed by atoms with Gasteiger partial charge in [-0.05, 0) is 43.0 Å². The molecule has 1 atom stereocenters. The number of hydrogen-bond donors (Lipinski definition) is 1. The second kappa shape index (κ2) is 8.75. The number of piperidine rings is 1. The molecule has 6 heteroatoms. The molecule has 2 aromatic carbocycles. The topological polar surface area (TPSA) is 81.9 Å². The average Bonchev–Trinajstić information content (AvgIpc) is 2.80. The summed E-state index contributed by atoms with van der Waals surface area (Å²) >= 11 is 0. The van der Waals surface area contributed by atoms with Crippen molar-refractivity contribution in [2.45, 2.75) is 19.8 Å². The molecule has 3 aromatic rings. The summed E-state index contributed by atoms with van der Waals surface area (Å²) in [6.07, 6.45) is 2.32. The zero-order chi connectivity index (χ0) is 20.9. The largest absolute Gasteiger partial charge is 0.356 e. The van der Waals surface area contributed by atoms with E-state index in [1.807, 2.05) is 30.3 Å². The zero-order valence-electron chi connectivity index (χ0n) is 16.9. The van der Waals surface area contributed by atoms with Crippen molar-refractivity contribution < 1.29 is 4.79 Å². The van der Waals surface area contributed by atoms with Crippen molar-refractivity contribution in [3.8, 4) is 17.5 Å². The van der Waals surface area contributed by atoms with Gasteiger partial charge in [-0.25, -0.2) is 9.97 Å². The van der Waals surface area contributed by atoms with Gasteiger partial charge in [-0.1, -0.05) is 37.3 Å². The molecule has 0 bridgehead atoms. The number of nitrogens with zero attached hydrogens (tertiary/aromatic N) is 4. The third-order valence-electron chi connectivity index (χ3n) is 5.23. The molecule has 1 aliphatic heterocycles. The number of nitrogens with one attached hydrogen (secondary N) is 1. The van der Waals surface area contributed by atoms with E-state index >= 15 is 0 Å². The Labute approximate surface area is 176 Å². The first-order chi connectivity index (χ1) is 14.6. The quantitative estimate of drug-likeness (QED) is 0.701. The van der Waals surface area contributed by atoms with Crippen LogP contribution < -0.4 is 10.2 Å². The Morgan fingerprint density at radius 2 is 1.90 bits per heavy atom. The molecule has 1 fully saturated rings. The molecule has 0 radical (unpaired) electrons. The van der Waals surface area contributed by atoms with Crippen molar-refractivity contribution in [1.82, 2.24) is 9.97 Å². The standard InChI is InChI=1S/C24H23N5O/c1-17-6-5-13-29(16-17)22-14-21(27-23(28-22)19-7-3-2-4-8-19)24(30)26-20-11-9-18(15-25)10-12-20/h2-4,7-12,14,17H,5-6,13,16H2,1H3,(H,26,30). The number of carbonyl (C=O) groups is 1. The fourth-order valence-electron chi connectivity index (χ4n) is 3.65. The summed E-state index contributed by atoms with van der Waals surface area (Å²) < 4.78 is 0. The molecular weight excluding hydrogens is 374 g/mol. The lowest BCUT2D eigenvalue weighted by atomic mass is 10.0. The highest BCUT2D eigenvalue weighted by atomic mass is 16.1. The molecular formula is C24H23N5O. The fourth-order valence-corrected chi connectivity index (χ4v) is 3.65. The highest BCUT2D eigenvalue weighted by molar-refractivity contribution is 6.03. The third kappa shape index (κ3) is 4.47. The minimum absolute atomic E-state index is 0.300. The summed E-state index contributed by atoms with van der Waals surface area (Å²) in [6.45, 7) is 4.08. The van der Waals surface area contributed by atoms with Gasteiger partial charge in [-0.3, -0.25) is 4.79 Å². The van der Waals surface area contributed by atoms with Crippen LogP contribution in [0.4, 0.5) is 11.5 Å². The van der Waals surface area contributed by atoms with Crippen LogP contribution in [-0.2, 0) is 0 Å². The van der Waals surface area contributed by atoms with Crippen LogP contribution in [-0.4, -0.2) is 29.0 Å². The first kappa shape index (κ1) is 19.6. The van der Waals surface area contributed by atoms with Crippen LogP contribution in [0.1, 0.15) is 35.8 Å². The van der Waals surface area contributed by atoms with Crippen molar-refractivity contribution in [2.24, 2.45) is 5.92 Å². The van der Waals surface area contributed by atoms with E-state index in [9.17, 15) is 4.79 Å². The summed E-state index contributed by atoms with van der Waals surface area (Å²) in [4.78, 5) is 24.5. The molecule has 2 heterocycles. The third-order valence-corrected chi connectivity index (χ3v) is 5.23. The van der Waals surface area contributed by atoms with Crippen molar-refractivity contribution in [1.29, 1.82) is 5.26 Å². The van der Waals surface area contributed by atoms with Gasteiger partial charge in [-0.15, -0.1) is 0 Å². The van der Waals surface area contributed by atoms with Gasteiger partial charge in [0.05, 0.1) is 11.6 Å². The van der Waals surface area contributed by atoms with Gasteiger partial charge in [0.25, 0.3) is 5.91 Å². The predicted molar refractivity (Wildman–Crippen MR) is 117 cm³/mol. The van der Waals surface area contributed by atoms with Crippen LogP contribution in [0.5, 0.6) is 0 Å². The van der Waals surface area contributed by atoms with E-state index < -0.39 is 0 Å². The van der Waals surface area contributed by atoms with Crippen molar-refractivity contribution in [2.75, 3.05) is 23.3 Å². The van der Waals surface area contributed by atoms with Crippen LogP contribution in [0.25, 0.3) is 11.4 Å². The first-order valence-corrected chi connectivity index (χ1v) is 10.1. The van der Waals surface area contributed by atoms with Gasteiger partial charge in [0, 0.05) is 30.4 Å². The molecule has 1 saturated heterocycles. The molecule has 0 saturated carbocycles. The van der Waals surface area contributed by atoms with Crippen molar-refractivity contribution in [3.63, 3.8) is 0 Å². The fraction of sp³-hybridized carbons (Fsp3) is 0.250. The number of benzene rings is 2. The minimum atomic E-state index is -0.300. The van der Waals surface area contributed by atoms with Gasteiger partial charge < -0.3 is 10.2 Å². The lowest BCUT2D eigenvalue weighted by Gasteiger charge is -2.32. The maximum Gasteiger partial charge on any atom is 0.274 e.